The molecule has 0 aliphatic heterocycles. The van der Waals surface area contributed by atoms with E-state index in [0.29, 0.717) is 0 Å². The fourth-order valence-electron chi connectivity index (χ4n) is 1.01. The molecule has 88 valence electrons. The van der Waals surface area contributed by atoms with Crippen molar-refractivity contribution in [3.63, 3.8) is 0 Å². The zero-order valence-electron chi connectivity index (χ0n) is 8.22. The summed E-state index contributed by atoms with van der Waals surface area (Å²) in [5, 5.41) is 0. The molecule has 16 heavy (non-hydrogen) atoms. The number of H-pyrrole nitrogens is 1. The van der Waals surface area contributed by atoms with Gasteiger partial charge in [0.2, 0.25) is 0 Å². The Kier molecular flexibility index (Phi) is 3.69. The van der Waals surface area contributed by atoms with E-state index in [9.17, 15) is 18.0 Å². The smallest absolute Gasteiger partial charge is 0.431 e. The van der Waals surface area contributed by atoms with E-state index in [2.05, 4.69) is 17.0 Å². The van der Waals surface area contributed by atoms with Gasteiger partial charge >= 0.3 is 12.1 Å². The number of nitrogens with one attached hydrogen (secondary N) is 1. The van der Waals surface area contributed by atoms with Crippen molar-refractivity contribution in [2.24, 2.45) is 0 Å². The average Bonchev–Trinajstić information content (AvgIpc) is 2.16. The van der Waals surface area contributed by atoms with Gasteiger partial charge in [0.1, 0.15) is 10.3 Å². The van der Waals surface area contributed by atoms with Gasteiger partial charge in [-0.25, -0.2) is 4.79 Å². The van der Waals surface area contributed by atoms with E-state index in [4.69, 9.17) is 0 Å². The number of rotatable bonds is 2. The highest BCUT2D eigenvalue weighted by Gasteiger charge is 2.31. The van der Waals surface area contributed by atoms with Crippen LogP contribution >= 0.6 is 12.2 Å². The Morgan fingerprint density at radius 2 is 2.12 bits per heavy atom. The molecule has 0 amide bonds. The minimum absolute atomic E-state index is 0.0788. The van der Waals surface area contributed by atoms with Gasteiger partial charge in [-0.3, -0.25) is 0 Å². The second-order valence-corrected chi connectivity index (χ2v) is 3.24. The molecule has 1 rings (SSSR count). The highest BCUT2D eigenvalue weighted by Crippen LogP contribution is 2.27. The number of aromatic amines is 1. The predicted molar refractivity (Wildman–Crippen MR) is 52.6 cm³/mol. The van der Waals surface area contributed by atoms with Crippen molar-refractivity contribution < 1.29 is 22.7 Å². The van der Waals surface area contributed by atoms with Crippen molar-refractivity contribution in [2.75, 3.05) is 6.61 Å². The molecule has 1 heterocycles. The molecule has 7 heteroatoms. The number of aromatic nitrogens is 1. The summed E-state index contributed by atoms with van der Waals surface area (Å²) >= 11 is 4.64. The topological polar surface area (TPSA) is 42.1 Å². The van der Waals surface area contributed by atoms with E-state index in [1.807, 2.05) is 4.98 Å². The zero-order valence-corrected chi connectivity index (χ0v) is 9.04. The molecule has 0 aliphatic rings. The Morgan fingerprint density at radius 3 is 2.56 bits per heavy atom. The highest BCUT2D eigenvalue weighted by atomic mass is 32.1. The molecule has 1 aromatic heterocycles. The Hall–Kier alpha value is -1.37. The molecule has 0 fully saturated rings. The predicted octanol–water partition coefficient (Wildman–Crippen LogP) is 2.94. The van der Waals surface area contributed by atoms with Crippen molar-refractivity contribution in [1.82, 2.24) is 4.98 Å². The van der Waals surface area contributed by atoms with Gasteiger partial charge < -0.3 is 9.72 Å². The molecule has 0 atom stereocenters. The lowest BCUT2D eigenvalue weighted by Gasteiger charge is -2.07. The SMILES string of the molecule is CCOC(=O)c1ccc(C(F)(F)F)[nH]c1=S. The number of esters is 1. The summed E-state index contributed by atoms with van der Waals surface area (Å²) < 4.78 is 41.1. The van der Waals surface area contributed by atoms with Crippen molar-refractivity contribution >= 4 is 18.2 Å². The lowest BCUT2D eigenvalue weighted by molar-refractivity contribution is -0.141. The Bertz CT molecular complexity index is 453. The van der Waals surface area contributed by atoms with Crippen LogP contribution in [0.3, 0.4) is 0 Å². The number of carbonyl (C=O) groups excluding carboxylic acids is 1. The first kappa shape index (κ1) is 12.7. The Labute approximate surface area is 94.2 Å². The van der Waals surface area contributed by atoms with Gasteiger partial charge in [0.25, 0.3) is 0 Å². The van der Waals surface area contributed by atoms with Crippen LogP contribution in [0.4, 0.5) is 13.2 Å². The van der Waals surface area contributed by atoms with Crippen molar-refractivity contribution in [1.29, 1.82) is 0 Å². The van der Waals surface area contributed by atoms with Crippen LogP contribution in [0.2, 0.25) is 0 Å². The number of hydrogen-bond acceptors (Lipinski definition) is 3. The van der Waals surface area contributed by atoms with Gasteiger partial charge in [0.15, 0.2) is 0 Å². The van der Waals surface area contributed by atoms with E-state index < -0.39 is 17.8 Å². The van der Waals surface area contributed by atoms with Gasteiger partial charge in [0.05, 0.1) is 12.2 Å². The summed E-state index contributed by atoms with van der Waals surface area (Å²) in [7, 11) is 0. The highest BCUT2D eigenvalue weighted by molar-refractivity contribution is 7.71. The molecule has 0 saturated carbocycles. The summed E-state index contributed by atoms with van der Waals surface area (Å²) in [5.74, 6) is -0.738. The van der Waals surface area contributed by atoms with E-state index in [1.165, 1.54) is 0 Å². The molecule has 0 saturated heterocycles. The minimum Gasteiger partial charge on any atom is -0.462 e. The number of hydrogen-bond donors (Lipinski definition) is 1. The first-order valence-electron chi connectivity index (χ1n) is 4.34. The van der Waals surface area contributed by atoms with Crippen molar-refractivity contribution in [3.05, 3.63) is 28.0 Å². The van der Waals surface area contributed by atoms with Gasteiger partial charge in [-0.05, 0) is 19.1 Å². The third kappa shape index (κ3) is 2.82. The van der Waals surface area contributed by atoms with Crippen LogP contribution in [0.25, 0.3) is 0 Å². The number of alkyl halides is 3. The standard InChI is InChI=1S/C9H8F3NO2S/c1-2-15-8(14)5-3-4-6(9(10,11)12)13-7(5)16/h3-4H,2H2,1H3,(H,13,16). The maximum absolute atomic E-state index is 12.3. The van der Waals surface area contributed by atoms with Crippen molar-refractivity contribution in [2.45, 2.75) is 13.1 Å². The van der Waals surface area contributed by atoms with E-state index in [1.54, 1.807) is 6.92 Å². The third-order valence-electron chi connectivity index (χ3n) is 1.71. The van der Waals surface area contributed by atoms with Crippen molar-refractivity contribution in [3.8, 4) is 0 Å². The lowest BCUT2D eigenvalue weighted by atomic mass is 10.2. The molecule has 3 nitrogen and oxygen atoms in total. The van der Waals surface area contributed by atoms with Crippen LogP contribution in [0.5, 0.6) is 0 Å². The fraction of sp³-hybridized carbons (Fsp3) is 0.333. The van der Waals surface area contributed by atoms with Gasteiger partial charge in [0, 0.05) is 0 Å². The summed E-state index contributed by atoms with van der Waals surface area (Å²) in [6.07, 6.45) is -4.51. The average molecular weight is 251 g/mol. The lowest BCUT2D eigenvalue weighted by Crippen LogP contribution is -2.11. The molecular weight excluding hydrogens is 243 g/mol. The molecule has 0 unspecified atom stereocenters. The first-order chi connectivity index (χ1) is 7.36. The van der Waals surface area contributed by atoms with E-state index in [0.717, 1.165) is 12.1 Å². The molecule has 0 bridgehead atoms. The van der Waals surface area contributed by atoms with E-state index in [-0.39, 0.29) is 16.8 Å². The third-order valence-corrected chi connectivity index (χ3v) is 2.03. The summed E-state index contributed by atoms with van der Waals surface area (Å²) in [5.41, 5.74) is -1.07. The second kappa shape index (κ2) is 4.65. The molecule has 0 spiro atoms. The quantitative estimate of drug-likeness (QED) is 0.649. The molecule has 1 N–H and O–H groups in total. The van der Waals surface area contributed by atoms with Gasteiger partial charge in [-0.2, -0.15) is 13.2 Å². The molecule has 0 radical (unpaired) electrons. The second-order valence-electron chi connectivity index (χ2n) is 2.83. The summed E-state index contributed by atoms with van der Waals surface area (Å²) in [6.45, 7) is 1.73. The first-order valence-corrected chi connectivity index (χ1v) is 4.74. The van der Waals surface area contributed by atoms with Crippen LogP contribution in [0.1, 0.15) is 23.0 Å². The van der Waals surface area contributed by atoms with Crippen LogP contribution < -0.4 is 0 Å². The number of carbonyl (C=O) groups is 1. The molecular formula is C9H8F3NO2S. The number of ether oxygens (including phenoxy) is 1. The maximum atomic E-state index is 12.3. The molecule has 0 aromatic carbocycles. The fourth-order valence-corrected chi connectivity index (χ4v) is 1.27. The van der Waals surface area contributed by atoms with Gasteiger partial charge in [-0.1, -0.05) is 12.2 Å². The Balaban J connectivity index is 3.11. The largest absolute Gasteiger partial charge is 0.462 e. The number of pyridine rings is 1. The molecule has 1 aromatic rings. The van der Waals surface area contributed by atoms with Crippen LogP contribution in [0, 0.1) is 4.64 Å². The Morgan fingerprint density at radius 1 is 1.50 bits per heavy atom. The minimum atomic E-state index is -4.51. The summed E-state index contributed by atoms with van der Waals surface area (Å²) in [6, 6.07) is 1.75. The van der Waals surface area contributed by atoms with Crippen LogP contribution in [-0.2, 0) is 10.9 Å². The number of halogens is 3. The van der Waals surface area contributed by atoms with Crippen LogP contribution in [0.15, 0.2) is 12.1 Å². The zero-order chi connectivity index (χ0) is 12.3. The maximum Gasteiger partial charge on any atom is 0.431 e. The van der Waals surface area contributed by atoms with Crippen LogP contribution in [-0.4, -0.2) is 17.6 Å². The van der Waals surface area contributed by atoms with E-state index >= 15 is 0 Å². The monoisotopic (exact) mass is 251 g/mol. The van der Waals surface area contributed by atoms with Gasteiger partial charge in [-0.15, -0.1) is 0 Å². The summed E-state index contributed by atoms with van der Waals surface area (Å²) in [4.78, 5) is 13.2. The normalized spacial score (nSPS) is 11.2. The molecule has 0 aliphatic carbocycles.